The Morgan fingerprint density at radius 3 is 1.70 bits per heavy atom. The predicted molar refractivity (Wildman–Crippen MR) is 42.8 cm³/mol. The molecular weight excluding hydrogens is 191 g/mol. The molecule has 0 saturated carbocycles. The van der Waals surface area contributed by atoms with Crippen LogP contribution in [0.4, 0.5) is 0 Å². The fourth-order valence-electron chi connectivity index (χ4n) is 0.534. The molecule has 0 spiro atoms. The molecule has 0 radical (unpaired) electrons. The fourth-order valence-corrected chi connectivity index (χ4v) is 0.534. The molecule has 0 unspecified atom stereocenters. The number of rotatable bonds is 0. The van der Waals surface area contributed by atoms with Gasteiger partial charge in [0.05, 0.1) is 0 Å². The van der Waals surface area contributed by atoms with Gasteiger partial charge < -0.3 is 4.55 Å². The third-order valence-electron chi connectivity index (χ3n) is 0.940. The van der Waals surface area contributed by atoms with E-state index in [0.717, 1.165) is 0 Å². The summed E-state index contributed by atoms with van der Waals surface area (Å²) in [6.07, 6.45) is 0. The van der Waals surface area contributed by atoms with Crippen molar-refractivity contribution in [3.05, 3.63) is 35.9 Å². The van der Waals surface area contributed by atoms with Gasteiger partial charge in [0.1, 0.15) is 0 Å². The quantitative estimate of drug-likeness (QED) is 0.375. The number of benzene rings is 1. The minimum Gasteiger partial charge on any atom is -0.333 e. The Labute approximate surface area is 77.0 Å². The zero-order valence-electron chi connectivity index (χ0n) is 5.60. The standard InChI is InChI=1S/C7H8.Ni.H2OS/c1-7-5-3-2-4-6-7;;1-2/h2-6H,1H3;;1-2H. The maximum atomic E-state index is 6.69. The molecule has 0 amide bonds. The fraction of sp³-hybridized carbons (Fsp3) is 0.143. The molecule has 0 bridgehead atoms. The van der Waals surface area contributed by atoms with Crippen molar-refractivity contribution in [2.24, 2.45) is 0 Å². The summed E-state index contributed by atoms with van der Waals surface area (Å²) in [4.78, 5) is 0. The van der Waals surface area contributed by atoms with Crippen molar-refractivity contribution in [3.63, 3.8) is 0 Å². The second-order valence-corrected chi connectivity index (χ2v) is 1.65. The SMILES string of the molecule is Cc1ccccc1.OS.[Ni]. The van der Waals surface area contributed by atoms with Crippen LogP contribution in [-0.4, -0.2) is 4.55 Å². The van der Waals surface area contributed by atoms with E-state index in [9.17, 15) is 0 Å². The van der Waals surface area contributed by atoms with Crippen molar-refractivity contribution in [1.82, 2.24) is 0 Å². The second-order valence-electron chi connectivity index (χ2n) is 1.65. The van der Waals surface area contributed by atoms with Gasteiger partial charge in [-0.05, 0) is 19.8 Å². The predicted octanol–water partition coefficient (Wildman–Crippen LogP) is 2.38. The van der Waals surface area contributed by atoms with Crippen LogP contribution in [0.3, 0.4) is 0 Å². The molecule has 3 heteroatoms. The van der Waals surface area contributed by atoms with E-state index in [1.54, 1.807) is 0 Å². The summed E-state index contributed by atoms with van der Waals surface area (Å²) in [5.41, 5.74) is 1.32. The maximum Gasteiger partial charge on any atom is 0 e. The molecule has 1 aromatic rings. The normalized spacial score (nSPS) is 6.70. The minimum atomic E-state index is 0. The van der Waals surface area contributed by atoms with Gasteiger partial charge in [0.15, 0.2) is 0 Å². The van der Waals surface area contributed by atoms with Crippen LogP contribution in [0.25, 0.3) is 0 Å². The summed E-state index contributed by atoms with van der Waals surface area (Å²) in [5.74, 6) is 0. The van der Waals surface area contributed by atoms with Crippen molar-refractivity contribution in [2.45, 2.75) is 6.92 Å². The van der Waals surface area contributed by atoms with Gasteiger partial charge in [0.2, 0.25) is 0 Å². The number of thiol groups is 1. The zero-order valence-corrected chi connectivity index (χ0v) is 7.48. The van der Waals surface area contributed by atoms with Gasteiger partial charge in [0, 0.05) is 16.5 Å². The molecule has 1 aromatic carbocycles. The minimum absolute atomic E-state index is 0. The van der Waals surface area contributed by atoms with Crippen LogP contribution < -0.4 is 0 Å². The molecule has 1 N–H and O–H groups in total. The molecule has 0 heterocycles. The molecule has 0 fully saturated rings. The Morgan fingerprint density at radius 2 is 1.50 bits per heavy atom. The first kappa shape index (κ1) is 12.7. The van der Waals surface area contributed by atoms with Gasteiger partial charge >= 0.3 is 0 Å². The third-order valence-corrected chi connectivity index (χ3v) is 0.940. The molecule has 10 heavy (non-hydrogen) atoms. The third kappa shape index (κ3) is 6.15. The topological polar surface area (TPSA) is 20.2 Å². The largest absolute Gasteiger partial charge is 0.333 e. The monoisotopic (exact) mass is 200 g/mol. The van der Waals surface area contributed by atoms with E-state index in [-0.39, 0.29) is 16.5 Å². The van der Waals surface area contributed by atoms with E-state index in [1.807, 2.05) is 18.2 Å². The van der Waals surface area contributed by atoms with E-state index in [2.05, 4.69) is 32.0 Å². The Hall–Kier alpha value is 0.0235. The summed E-state index contributed by atoms with van der Waals surface area (Å²) in [6.45, 7) is 2.08. The van der Waals surface area contributed by atoms with Gasteiger partial charge in [-0.3, -0.25) is 0 Å². The Morgan fingerprint density at radius 1 is 1.10 bits per heavy atom. The van der Waals surface area contributed by atoms with Gasteiger partial charge in [-0.2, -0.15) is 0 Å². The molecule has 1 nitrogen and oxygen atoms in total. The van der Waals surface area contributed by atoms with Crippen LogP contribution in [0, 0.1) is 6.92 Å². The molecule has 60 valence electrons. The van der Waals surface area contributed by atoms with Crippen molar-refractivity contribution in [1.29, 1.82) is 0 Å². The van der Waals surface area contributed by atoms with Crippen molar-refractivity contribution in [2.75, 3.05) is 0 Å². The second kappa shape index (κ2) is 9.02. The van der Waals surface area contributed by atoms with Gasteiger partial charge in [0.25, 0.3) is 0 Å². The van der Waals surface area contributed by atoms with Crippen LogP contribution in [0.15, 0.2) is 30.3 Å². The smallest absolute Gasteiger partial charge is 0 e. The van der Waals surface area contributed by atoms with Crippen molar-refractivity contribution >= 4 is 12.9 Å². The zero-order chi connectivity index (χ0) is 7.11. The van der Waals surface area contributed by atoms with Crippen LogP contribution in [0.5, 0.6) is 0 Å². The van der Waals surface area contributed by atoms with E-state index < -0.39 is 0 Å². The number of hydrogen-bond donors (Lipinski definition) is 2. The Kier molecular flexibility index (Phi) is 11.4. The van der Waals surface area contributed by atoms with Gasteiger partial charge in [-0.15, -0.1) is 0 Å². The van der Waals surface area contributed by atoms with E-state index in [0.29, 0.717) is 0 Å². The molecular formula is C7H10NiOS. The van der Waals surface area contributed by atoms with Crippen LogP contribution >= 0.6 is 12.9 Å². The van der Waals surface area contributed by atoms with Gasteiger partial charge in [-0.1, -0.05) is 35.9 Å². The summed E-state index contributed by atoms with van der Waals surface area (Å²) in [7, 11) is 0. The Balaban J connectivity index is 0. The number of aryl methyl sites for hydroxylation is 1. The van der Waals surface area contributed by atoms with E-state index >= 15 is 0 Å². The molecule has 0 saturated heterocycles. The molecule has 0 aliphatic heterocycles. The molecule has 0 atom stereocenters. The first-order valence-corrected chi connectivity index (χ1v) is 3.01. The van der Waals surface area contributed by atoms with Crippen LogP contribution in [-0.2, 0) is 16.5 Å². The maximum absolute atomic E-state index is 6.69. The Bertz CT molecular complexity index is 144. The van der Waals surface area contributed by atoms with E-state index in [1.165, 1.54) is 5.56 Å². The molecule has 0 aliphatic carbocycles. The summed E-state index contributed by atoms with van der Waals surface area (Å²) in [6, 6.07) is 10.3. The van der Waals surface area contributed by atoms with Crippen LogP contribution in [0.2, 0.25) is 0 Å². The average molecular weight is 201 g/mol. The molecule has 0 aromatic heterocycles. The van der Waals surface area contributed by atoms with Crippen LogP contribution in [0.1, 0.15) is 5.56 Å². The van der Waals surface area contributed by atoms with E-state index in [4.69, 9.17) is 4.55 Å². The average Bonchev–Trinajstić information content (AvgIpc) is 1.94. The van der Waals surface area contributed by atoms with Crippen molar-refractivity contribution < 1.29 is 21.0 Å². The van der Waals surface area contributed by atoms with Crippen molar-refractivity contribution in [3.8, 4) is 0 Å². The summed E-state index contributed by atoms with van der Waals surface area (Å²) in [5, 5.41) is 0. The molecule has 0 aliphatic rings. The summed E-state index contributed by atoms with van der Waals surface area (Å²) < 4.78 is 6.69. The first-order chi connectivity index (χ1) is 4.39. The van der Waals surface area contributed by atoms with Gasteiger partial charge in [-0.25, -0.2) is 0 Å². The number of hydrogen-bond acceptors (Lipinski definition) is 2. The first-order valence-electron chi connectivity index (χ1n) is 2.61. The molecule has 1 rings (SSSR count). The summed E-state index contributed by atoms with van der Waals surface area (Å²) >= 11 is 2.53.